The molecule has 1 amide bonds. The Kier molecular flexibility index (Phi) is 8.38. The van der Waals surface area contributed by atoms with E-state index in [0.717, 1.165) is 0 Å². The summed E-state index contributed by atoms with van der Waals surface area (Å²) in [5.74, 6) is -1.01. The maximum absolute atomic E-state index is 11.9. The standard InChI is InChI=1S/C17H20N2O5/c1-13-7-5-8-14(20)16(13)17(22)24-12-4-3-10-18-15(21)9-6-11-19-23-2/h3,5-11,20H,4,12H2,1-2H3,(H,18,21)/b9-6+,10-3+,19-11+. The number of amides is 1. The number of phenols is 1. The molecule has 128 valence electrons. The van der Waals surface area contributed by atoms with Crippen LogP contribution in [0, 0.1) is 6.92 Å². The van der Waals surface area contributed by atoms with Gasteiger partial charge >= 0.3 is 5.97 Å². The third-order valence-corrected chi connectivity index (χ3v) is 2.82. The Morgan fingerprint density at radius 1 is 1.38 bits per heavy atom. The number of carbonyl (C=O) groups excluding carboxylic acids is 2. The molecular formula is C17H20N2O5. The van der Waals surface area contributed by atoms with Crippen LogP contribution in [0.15, 0.2) is 47.8 Å². The molecule has 2 N–H and O–H groups in total. The summed E-state index contributed by atoms with van der Waals surface area (Å²) in [6.07, 6.45) is 7.59. The first-order chi connectivity index (χ1) is 11.6. The Morgan fingerprint density at radius 2 is 2.17 bits per heavy atom. The molecule has 0 aliphatic carbocycles. The first-order valence-corrected chi connectivity index (χ1v) is 7.20. The molecule has 0 spiro atoms. The summed E-state index contributed by atoms with van der Waals surface area (Å²) >= 11 is 0. The Labute approximate surface area is 140 Å². The summed E-state index contributed by atoms with van der Waals surface area (Å²) in [7, 11) is 1.40. The van der Waals surface area contributed by atoms with Gasteiger partial charge in [0.1, 0.15) is 18.4 Å². The van der Waals surface area contributed by atoms with Gasteiger partial charge in [-0.2, -0.15) is 0 Å². The van der Waals surface area contributed by atoms with E-state index in [-0.39, 0.29) is 23.8 Å². The second-order valence-corrected chi connectivity index (χ2v) is 4.60. The van der Waals surface area contributed by atoms with E-state index in [0.29, 0.717) is 12.0 Å². The highest BCUT2D eigenvalue weighted by Gasteiger charge is 2.14. The van der Waals surface area contributed by atoms with E-state index in [9.17, 15) is 14.7 Å². The van der Waals surface area contributed by atoms with Gasteiger partial charge in [-0.25, -0.2) is 4.79 Å². The molecule has 0 unspecified atom stereocenters. The molecule has 0 aromatic heterocycles. The zero-order chi connectivity index (χ0) is 17.8. The third kappa shape index (κ3) is 6.78. The minimum Gasteiger partial charge on any atom is -0.507 e. The van der Waals surface area contributed by atoms with E-state index in [4.69, 9.17) is 4.74 Å². The molecule has 0 aliphatic rings. The second kappa shape index (κ2) is 10.6. The lowest BCUT2D eigenvalue weighted by Crippen LogP contribution is -2.13. The van der Waals surface area contributed by atoms with Gasteiger partial charge in [-0.1, -0.05) is 23.4 Å². The zero-order valence-electron chi connectivity index (χ0n) is 13.6. The Hall–Kier alpha value is -3.09. The average Bonchev–Trinajstić information content (AvgIpc) is 2.54. The molecule has 0 bridgehead atoms. The van der Waals surface area contributed by atoms with Crippen LogP contribution in [0.5, 0.6) is 5.75 Å². The van der Waals surface area contributed by atoms with Gasteiger partial charge in [0.25, 0.3) is 0 Å². The van der Waals surface area contributed by atoms with Crippen molar-refractivity contribution in [2.24, 2.45) is 5.16 Å². The molecule has 0 saturated carbocycles. The predicted molar refractivity (Wildman–Crippen MR) is 89.7 cm³/mol. The Morgan fingerprint density at radius 3 is 2.88 bits per heavy atom. The number of rotatable bonds is 8. The summed E-state index contributed by atoms with van der Waals surface area (Å²) in [5, 5.41) is 15.6. The number of esters is 1. The zero-order valence-corrected chi connectivity index (χ0v) is 13.6. The van der Waals surface area contributed by atoms with Gasteiger partial charge in [0.15, 0.2) is 0 Å². The van der Waals surface area contributed by atoms with E-state index < -0.39 is 5.97 Å². The third-order valence-electron chi connectivity index (χ3n) is 2.82. The number of aryl methyl sites for hydroxylation is 1. The van der Waals surface area contributed by atoms with Crippen LogP contribution in [0.25, 0.3) is 0 Å². The fourth-order valence-corrected chi connectivity index (χ4v) is 1.71. The molecule has 1 aromatic rings. The highest BCUT2D eigenvalue weighted by Crippen LogP contribution is 2.21. The number of hydrogen-bond donors (Lipinski definition) is 2. The second-order valence-electron chi connectivity index (χ2n) is 4.60. The van der Waals surface area contributed by atoms with Crippen LogP contribution >= 0.6 is 0 Å². The van der Waals surface area contributed by atoms with Crippen molar-refractivity contribution in [2.75, 3.05) is 13.7 Å². The quantitative estimate of drug-likeness (QED) is 0.250. The summed E-state index contributed by atoms with van der Waals surface area (Å²) in [6, 6.07) is 4.81. The number of aromatic hydroxyl groups is 1. The first kappa shape index (κ1) is 19.0. The van der Waals surface area contributed by atoms with E-state index in [1.165, 1.54) is 37.7 Å². The molecule has 1 rings (SSSR count). The Bertz CT molecular complexity index is 630. The number of allylic oxidation sites excluding steroid dienone is 1. The average molecular weight is 332 g/mol. The predicted octanol–water partition coefficient (Wildman–Crippen LogP) is 2.07. The van der Waals surface area contributed by atoms with Crippen LogP contribution in [0.2, 0.25) is 0 Å². The van der Waals surface area contributed by atoms with Gasteiger partial charge < -0.3 is 20.0 Å². The number of phenolic OH excluding ortho intramolecular Hbond substituents is 1. The molecule has 0 atom stereocenters. The molecular weight excluding hydrogens is 312 g/mol. The Balaban J connectivity index is 2.31. The van der Waals surface area contributed by atoms with Crippen LogP contribution in [0.1, 0.15) is 22.3 Å². The molecule has 7 nitrogen and oxygen atoms in total. The fraction of sp³-hybridized carbons (Fsp3) is 0.235. The molecule has 0 fully saturated rings. The topological polar surface area (TPSA) is 97.2 Å². The number of hydrogen-bond acceptors (Lipinski definition) is 6. The minimum atomic E-state index is -0.580. The van der Waals surface area contributed by atoms with Crippen molar-refractivity contribution in [3.8, 4) is 5.75 Å². The summed E-state index contributed by atoms with van der Waals surface area (Å²) in [4.78, 5) is 27.7. The fourth-order valence-electron chi connectivity index (χ4n) is 1.71. The minimum absolute atomic E-state index is 0.105. The highest BCUT2D eigenvalue weighted by atomic mass is 16.6. The van der Waals surface area contributed by atoms with Crippen LogP contribution < -0.4 is 5.32 Å². The van der Waals surface area contributed by atoms with Crippen LogP contribution in [-0.2, 0) is 14.4 Å². The molecule has 0 aliphatic heterocycles. The summed E-state index contributed by atoms with van der Waals surface area (Å²) < 4.78 is 5.08. The summed E-state index contributed by atoms with van der Waals surface area (Å²) in [6.45, 7) is 1.85. The molecule has 0 heterocycles. The molecule has 1 aromatic carbocycles. The number of oxime groups is 1. The van der Waals surface area contributed by atoms with E-state index in [2.05, 4.69) is 15.3 Å². The van der Waals surface area contributed by atoms with Crippen molar-refractivity contribution < 1.29 is 24.3 Å². The van der Waals surface area contributed by atoms with Crippen molar-refractivity contribution in [1.82, 2.24) is 5.32 Å². The van der Waals surface area contributed by atoms with E-state index in [1.54, 1.807) is 25.1 Å². The molecule has 0 radical (unpaired) electrons. The number of benzene rings is 1. The molecule has 7 heteroatoms. The van der Waals surface area contributed by atoms with Crippen LogP contribution in [0.4, 0.5) is 0 Å². The van der Waals surface area contributed by atoms with Gasteiger partial charge in [0.2, 0.25) is 5.91 Å². The van der Waals surface area contributed by atoms with E-state index in [1.807, 2.05) is 0 Å². The molecule has 24 heavy (non-hydrogen) atoms. The van der Waals surface area contributed by atoms with E-state index >= 15 is 0 Å². The van der Waals surface area contributed by atoms with Gasteiger partial charge in [0.05, 0.1) is 12.8 Å². The number of ether oxygens (including phenoxy) is 1. The largest absolute Gasteiger partial charge is 0.507 e. The van der Waals surface area contributed by atoms with Crippen molar-refractivity contribution in [2.45, 2.75) is 13.3 Å². The molecule has 0 saturated heterocycles. The first-order valence-electron chi connectivity index (χ1n) is 7.20. The SMILES string of the molecule is CO/N=C/C=C/C(=O)N/C=C/CCOC(=O)c1c(C)cccc1O. The van der Waals surface area contributed by atoms with Crippen molar-refractivity contribution >= 4 is 18.1 Å². The monoisotopic (exact) mass is 332 g/mol. The maximum Gasteiger partial charge on any atom is 0.342 e. The van der Waals surface area contributed by atoms with Gasteiger partial charge in [-0.3, -0.25) is 4.79 Å². The van der Waals surface area contributed by atoms with Crippen molar-refractivity contribution in [3.05, 3.63) is 53.8 Å². The lowest BCUT2D eigenvalue weighted by molar-refractivity contribution is -0.115. The summed E-state index contributed by atoms with van der Waals surface area (Å²) in [5.41, 5.74) is 0.809. The van der Waals surface area contributed by atoms with Crippen molar-refractivity contribution in [3.63, 3.8) is 0 Å². The lowest BCUT2D eigenvalue weighted by atomic mass is 10.1. The smallest absolute Gasteiger partial charge is 0.342 e. The van der Waals surface area contributed by atoms with Gasteiger partial charge in [-0.05, 0) is 24.6 Å². The van der Waals surface area contributed by atoms with Crippen molar-refractivity contribution in [1.29, 1.82) is 0 Å². The maximum atomic E-state index is 11.9. The highest BCUT2D eigenvalue weighted by molar-refractivity contribution is 5.94. The number of carbonyl (C=O) groups is 2. The number of nitrogens with zero attached hydrogens (tertiary/aromatic N) is 1. The lowest BCUT2D eigenvalue weighted by Gasteiger charge is -2.07. The van der Waals surface area contributed by atoms with Crippen LogP contribution in [-0.4, -0.2) is 36.9 Å². The van der Waals surface area contributed by atoms with Gasteiger partial charge in [-0.15, -0.1) is 0 Å². The van der Waals surface area contributed by atoms with Crippen LogP contribution in [0.3, 0.4) is 0 Å². The normalized spacial score (nSPS) is 11.2. The van der Waals surface area contributed by atoms with Gasteiger partial charge in [0, 0.05) is 18.7 Å². The number of nitrogens with one attached hydrogen (secondary N) is 1.